The average Bonchev–Trinajstić information content (AvgIpc) is 3.10. The molecule has 0 unspecified atom stereocenters. The first-order valence-corrected chi connectivity index (χ1v) is 11.1. The second-order valence-electron chi connectivity index (χ2n) is 8.65. The van der Waals surface area contributed by atoms with Crippen molar-refractivity contribution in [1.82, 2.24) is 19.5 Å². The highest BCUT2D eigenvalue weighted by molar-refractivity contribution is 14.1. The van der Waals surface area contributed by atoms with E-state index in [1.54, 1.807) is 6.33 Å². The van der Waals surface area contributed by atoms with E-state index in [-0.39, 0.29) is 18.2 Å². The van der Waals surface area contributed by atoms with Gasteiger partial charge in [-0.3, -0.25) is 0 Å². The van der Waals surface area contributed by atoms with E-state index >= 15 is 0 Å². The molecule has 2 aliphatic carbocycles. The second kappa shape index (κ2) is 6.36. The molecule has 1 aromatic carbocycles. The van der Waals surface area contributed by atoms with Gasteiger partial charge in [0.1, 0.15) is 17.9 Å². The van der Waals surface area contributed by atoms with Crippen molar-refractivity contribution in [3.63, 3.8) is 0 Å². The highest BCUT2D eigenvalue weighted by Gasteiger charge is 2.66. The standard InChI is InChI=1S/C21H22IN5O2/c1-21(2)28-17-14-7-13(14)16(18(17)29-21)27-10-26-15-19(24-9-25-20(15)27)23-8-11-4-3-5-12(22)6-11/h3-6,9-10,13-14,16-18H,7-8H2,1-2H3,(H,23,24,25)/t13-,14+,16+,17+,18-/m0/s1. The molecule has 8 heteroatoms. The van der Waals surface area contributed by atoms with Crippen LogP contribution in [-0.2, 0) is 16.0 Å². The first kappa shape index (κ1) is 18.0. The number of nitrogens with one attached hydrogen (secondary N) is 1. The van der Waals surface area contributed by atoms with Crippen molar-refractivity contribution in [2.24, 2.45) is 11.8 Å². The van der Waals surface area contributed by atoms with E-state index in [0.717, 1.165) is 17.0 Å². The number of rotatable bonds is 4. The number of hydrogen-bond donors (Lipinski definition) is 1. The molecule has 5 atom stereocenters. The Labute approximate surface area is 182 Å². The first-order chi connectivity index (χ1) is 14.0. The molecule has 2 saturated carbocycles. The molecule has 1 N–H and O–H groups in total. The van der Waals surface area contributed by atoms with Gasteiger partial charge < -0.3 is 19.4 Å². The number of anilines is 1. The minimum absolute atomic E-state index is 0.0592. The minimum Gasteiger partial charge on any atom is -0.364 e. The van der Waals surface area contributed by atoms with Crippen LogP contribution in [-0.4, -0.2) is 37.5 Å². The molecule has 7 nitrogen and oxygen atoms in total. The SMILES string of the molecule is CC1(C)O[C@@H]2[C@@H]3C[C@@H]3[C@@H](n3cnc4c(NCc5cccc(I)c5)ncnc43)[C@@H]2O1. The fraction of sp³-hybridized carbons (Fsp3) is 0.476. The lowest BCUT2D eigenvalue weighted by Gasteiger charge is -2.24. The molecule has 2 aromatic heterocycles. The van der Waals surface area contributed by atoms with Gasteiger partial charge in [-0.1, -0.05) is 12.1 Å². The average molecular weight is 503 g/mol. The second-order valence-corrected chi connectivity index (χ2v) is 9.89. The zero-order valence-corrected chi connectivity index (χ0v) is 18.4. The minimum atomic E-state index is -0.521. The molecule has 6 rings (SSSR count). The Morgan fingerprint density at radius 2 is 2.03 bits per heavy atom. The Hall–Kier alpha value is -1.78. The largest absolute Gasteiger partial charge is 0.364 e. The molecule has 150 valence electrons. The third-order valence-corrected chi connectivity index (χ3v) is 6.95. The van der Waals surface area contributed by atoms with E-state index < -0.39 is 5.79 Å². The topological polar surface area (TPSA) is 74.1 Å². The number of ether oxygens (including phenoxy) is 2. The highest BCUT2D eigenvalue weighted by atomic mass is 127. The summed E-state index contributed by atoms with van der Waals surface area (Å²) in [4.78, 5) is 13.7. The summed E-state index contributed by atoms with van der Waals surface area (Å²) < 4.78 is 15.9. The fourth-order valence-corrected chi connectivity index (χ4v) is 5.67. The molecule has 0 spiro atoms. The van der Waals surface area contributed by atoms with Crippen LogP contribution in [0.25, 0.3) is 11.2 Å². The van der Waals surface area contributed by atoms with Gasteiger partial charge in [0.25, 0.3) is 0 Å². The van der Waals surface area contributed by atoms with E-state index in [1.807, 2.05) is 20.2 Å². The van der Waals surface area contributed by atoms with Gasteiger partial charge in [0.05, 0.1) is 18.5 Å². The van der Waals surface area contributed by atoms with Gasteiger partial charge in [-0.2, -0.15) is 0 Å². The van der Waals surface area contributed by atoms with E-state index in [1.165, 1.54) is 15.6 Å². The van der Waals surface area contributed by atoms with Crippen LogP contribution < -0.4 is 5.32 Å². The van der Waals surface area contributed by atoms with Crippen molar-refractivity contribution in [1.29, 1.82) is 0 Å². The maximum atomic E-state index is 6.28. The zero-order chi connectivity index (χ0) is 19.8. The maximum absolute atomic E-state index is 6.28. The molecule has 29 heavy (non-hydrogen) atoms. The van der Waals surface area contributed by atoms with Crippen LogP contribution >= 0.6 is 22.6 Å². The van der Waals surface area contributed by atoms with Crippen molar-refractivity contribution in [3.05, 3.63) is 46.1 Å². The summed E-state index contributed by atoms with van der Waals surface area (Å²) >= 11 is 2.33. The van der Waals surface area contributed by atoms with Gasteiger partial charge in [-0.05, 0) is 72.4 Å². The van der Waals surface area contributed by atoms with Crippen molar-refractivity contribution >= 4 is 39.6 Å². The first-order valence-electron chi connectivity index (χ1n) is 10.0. The molecule has 3 heterocycles. The molecule has 0 radical (unpaired) electrons. The number of aromatic nitrogens is 4. The molecular formula is C21H22IN5O2. The van der Waals surface area contributed by atoms with Crippen molar-refractivity contribution < 1.29 is 9.47 Å². The van der Waals surface area contributed by atoms with Gasteiger partial charge in [-0.15, -0.1) is 0 Å². The molecule has 0 bridgehead atoms. The normalized spacial score (nSPS) is 31.6. The van der Waals surface area contributed by atoms with Gasteiger partial charge >= 0.3 is 0 Å². The fourth-order valence-electron chi connectivity index (χ4n) is 5.06. The Morgan fingerprint density at radius 1 is 1.17 bits per heavy atom. The number of fused-ring (bicyclic) bond motifs is 4. The summed E-state index contributed by atoms with van der Waals surface area (Å²) in [7, 11) is 0. The van der Waals surface area contributed by atoms with Gasteiger partial charge in [0, 0.05) is 10.1 Å². The van der Waals surface area contributed by atoms with Crippen LogP contribution in [0.15, 0.2) is 36.9 Å². The molecule has 0 amide bonds. The summed E-state index contributed by atoms with van der Waals surface area (Å²) in [5.74, 6) is 1.41. The summed E-state index contributed by atoms with van der Waals surface area (Å²) in [6.07, 6.45) is 4.94. The van der Waals surface area contributed by atoms with Crippen LogP contribution in [0, 0.1) is 15.4 Å². The highest BCUT2D eigenvalue weighted by Crippen LogP contribution is 2.63. The smallest absolute Gasteiger partial charge is 0.165 e. The van der Waals surface area contributed by atoms with E-state index in [4.69, 9.17) is 9.47 Å². The van der Waals surface area contributed by atoms with Crippen LogP contribution in [0.5, 0.6) is 0 Å². The van der Waals surface area contributed by atoms with Crippen LogP contribution in [0.1, 0.15) is 31.9 Å². The monoisotopic (exact) mass is 503 g/mol. The van der Waals surface area contributed by atoms with E-state index in [0.29, 0.717) is 18.4 Å². The van der Waals surface area contributed by atoms with Gasteiger partial charge in [0.2, 0.25) is 0 Å². The Bertz CT molecular complexity index is 1100. The Kier molecular flexibility index (Phi) is 3.95. The number of hydrogen-bond acceptors (Lipinski definition) is 6. The van der Waals surface area contributed by atoms with E-state index in [9.17, 15) is 0 Å². The van der Waals surface area contributed by atoms with Crippen LogP contribution in [0.4, 0.5) is 5.82 Å². The van der Waals surface area contributed by atoms with Gasteiger partial charge in [-0.25, -0.2) is 15.0 Å². The van der Waals surface area contributed by atoms with Gasteiger partial charge in [0.15, 0.2) is 17.3 Å². The summed E-state index contributed by atoms with van der Waals surface area (Å²) in [6, 6.07) is 8.64. The van der Waals surface area contributed by atoms with Crippen molar-refractivity contribution in [2.75, 3.05) is 5.32 Å². The molecule has 3 aliphatic rings. The molecule has 3 aromatic rings. The summed E-state index contributed by atoms with van der Waals surface area (Å²) in [5.41, 5.74) is 2.87. The summed E-state index contributed by atoms with van der Waals surface area (Å²) in [6.45, 7) is 4.70. The Balaban J connectivity index is 1.31. The number of imidazole rings is 1. The third kappa shape index (κ3) is 2.95. The van der Waals surface area contributed by atoms with Crippen molar-refractivity contribution in [3.8, 4) is 0 Å². The van der Waals surface area contributed by atoms with Crippen molar-refractivity contribution in [2.45, 2.75) is 50.8 Å². The third-order valence-electron chi connectivity index (χ3n) is 6.28. The predicted octanol–water partition coefficient (Wildman–Crippen LogP) is 3.75. The maximum Gasteiger partial charge on any atom is 0.165 e. The molecular weight excluding hydrogens is 481 g/mol. The van der Waals surface area contributed by atoms with Crippen LogP contribution in [0.3, 0.4) is 0 Å². The lowest BCUT2D eigenvalue weighted by Crippen LogP contribution is -2.30. The Morgan fingerprint density at radius 3 is 2.90 bits per heavy atom. The lowest BCUT2D eigenvalue weighted by atomic mass is 10.1. The van der Waals surface area contributed by atoms with E-state index in [2.05, 4.69) is 71.7 Å². The lowest BCUT2D eigenvalue weighted by molar-refractivity contribution is -0.156. The van der Waals surface area contributed by atoms with Crippen LogP contribution in [0.2, 0.25) is 0 Å². The zero-order valence-electron chi connectivity index (χ0n) is 16.2. The molecule has 1 saturated heterocycles. The molecule has 3 fully saturated rings. The summed E-state index contributed by atoms with van der Waals surface area (Å²) in [5, 5.41) is 3.43. The predicted molar refractivity (Wildman–Crippen MR) is 116 cm³/mol. The number of nitrogens with zero attached hydrogens (tertiary/aromatic N) is 4. The number of halogens is 1. The quantitative estimate of drug-likeness (QED) is 0.547. The number of benzene rings is 1. The molecule has 1 aliphatic heterocycles.